The Balaban J connectivity index is 2.31. The zero-order valence-electron chi connectivity index (χ0n) is 14.6. The van der Waals surface area contributed by atoms with Gasteiger partial charge in [-0.25, -0.2) is 13.1 Å². The highest BCUT2D eigenvalue weighted by Crippen LogP contribution is 2.22. The van der Waals surface area contributed by atoms with Gasteiger partial charge in [0.05, 0.1) is 16.5 Å². The molecule has 0 spiro atoms. The summed E-state index contributed by atoms with van der Waals surface area (Å²) in [5.74, 6) is 0. The Bertz CT molecular complexity index is 797. The summed E-state index contributed by atoms with van der Waals surface area (Å²) in [6, 6.07) is 15.5. The minimum atomic E-state index is -3.74. The van der Waals surface area contributed by atoms with E-state index in [1.807, 2.05) is 37.3 Å². The molecule has 0 bridgehead atoms. The standard InChI is InChI=1S/C20H25NO3S/c1-4-14-20(3,22)19(15-17-8-6-5-7-9-17)21-25(23,24)18-12-10-16(2)11-13-18/h4-13,19,21-22H,1,14-15H2,2-3H3/t19-,20+/m0/s1. The molecule has 0 heterocycles. The van der Waals surface area contributed by atoms with Crippen LogP contribution in [0, 0.1) is 6.92 Å². The molecule has 2 atom stereocenters. The molecule has 0 amide bonds. The molecule has 2 aromatic rings. The summed E-state index contributed by atoms with van der Waals surface area (Å²) in [6.07, 6.45) is 2.26. The maximum atomic E-state index is 12.7. The number of sulfonamides is 1. The van der Waals surface area contributed by atoms with Crippen LogP contribution in [0.15, 0.2) is 72.1 Å². The molecule has 0 radical (unpaired) electrons. The Kier molecular flexibility index (Phi) is 6.16. The van der Waals surface area contributed by atoms with E-state index in [4.69, 9.17) is 0 Å². The molecule has 0 saturated heterocycles. The lowest BCUT2D eigenvalue weighted by atomic mass is 9.89. The Hall–Kier alpha value is -1.95. The van der Waals surface area contributed by atoms with Gasteiger partial charge in [-0.3, -0.25) is 0 Å². The summed E-state index contributed by atoms with van der Waals surface area (Å²) in [7, 11) is -3.74. The minimum Gasteiger partial charge on any atom is -0.388 e. The van der Waals surface area contributed by atoms with Crippen molar-refractivity contribution in [1.82, 2.24) is 4.72 Å². The van der Waals surface area contributed by atoms with Crippen molar-refractivity contribution in [2.75, 3.05) is 0 Å². The molecule has 25 heavy (non-hydrogen) atoms. The average Bonchev–Trinajstić information content (AvgIpc) is 2.55. The molecule has 0 fully saturated rings. The Labute approximate surface area is 150 Å². The van der Waals surface area contributed by atoms with E-state index in [0.29, 0.717) is 6.42 Å². The van der Waals surface area contributed by atoms with Crippen molar-refractivity contribution in [2.45, 2.75) is 43.2 Å². The molecule has 0 saturated carbocycles. The van der Waals surface area contributed by atoms with Gasteiger partial charge in [0.1, 0.15) is 0 Å². The monoisotopic (exact) mass is 359 g/mol. The van der Waals surface area contributed by atoms with Crippen molar-refractivity contribution in [3.8, 4) is 0 Å². The van der Waals surface area contributed by atoms with Crippen molar-refractivity contribution in [3.05, 3.63) is 78.4 Å². The second-order valence-electron chi connectivity index (χ2n) is 6.53. The Morgan fingerprint density at radius 1 is 1.16 bits per heavy atom. The number of hydrogen-bond acceptors (Lipinski definition) is 3. The molecular formula is C20H25NO3S. The van der Waals surface area contributed by atoms with Gasteiger partial charge in [0, 0.05) is 0 Å². The predicted molar refractivity (Wildman–Crippen MR) is 101 cm³/mol. The Morgan fingerprint density at radius 3 is 2.32 bits per heavy atom. The molecule has 0 unspecified atom stereocenters. The van der Waals surface area contributed by atoms with Crippen LogP contribution in [-0.4, -0.2) is 25.2 Å². The minimum absolute atomic E-state index is 0.186. The summed E-state index contributed by atoms with van der Waals surface area (Å²) in [4.78, 5) is 0.186. The van der Waals surface area contributed by atoms with Gasteiger partial charge >= 0.3 is 0 Å². The first-order valence-electron chi connectivity index (χ1n) is 8.21. The van der Waals surface area contributed by atoms with E-state index in [-0.39, 0.29) is 11.3 Å². The number of benzene rings is 2. The van der Waals surface area contributed by atoms with Crippen molar-refractivity contribution in [3.63, 3.8) is 0 Å². The van der Waals surface area contributed by atoms with Gasteiger partial charge in [-0.15, -0.1) is 6.58 Å². The van der Waals surface area contributed by atoms with Gasteiger partial charge in [-0.1, -0.05) is 54.1 Å². The summed E-state index contributed by atoms with van der Waals surface area (Å²) in [5, 5.41) is 10.8. The Morgan fingerprint density at radius 2 is 1.76 bits per heavy atom. The van der Waals surface area contributed by atoms with Crippen LogP contribution >= 0.6 is 0 Å². The molecule has 5 heteroatoms. The molecule has 2 N–H and O–H groups in total. The van der Waals surface area contributed by atoms with Crippen molar-refractivity contribution in [2.24, 2.45) is 0 Å². The van der Waals surface area contributed by atoms with Gasteiger partial charge < -0.3 is 5.11 Å². The van der Waals surface area contributed by atoms with Crippen LogP contribution in [0.2, 0.25) is 0 Å². The average molecular weight is 359 g/mol. The quantitative estimate of drug-likeness (QED) is 0.711. The molecule has 0 aromatic heterocycles. The summed E-state index contributed by atoms with van der Waals surface area (Å²) >= 11 is 0. The smallest absolute Gasteiger partial charge is 0.240 e. The highest BCUT2D eigenvalue weighted by Gasteiger charge is 2.34. The molecule has 2 aromatic carbocycles. The van der Waals surface area contributed by atoms with Crippen LogP contribution in [-0.2, 0) is 16.4 Å². The first kappa shape index (κ1) is 19.4. The first-order valence-corrected chi connectivity index (χ1v) is 9.69. The van der Waals surface area contributed by atoms with Gasteiger partial charge in [0.15, 0.2) is 0 Å². The summed E-state index contributed by atoms with van der Waals surface area (Å²) < 4.78 is 28.2. The van der Waals surface area contributed by atoms with Gasteiger partial charge in [-0.05, 0) is 44.4 Å². The third-order valence-corrected chi connectivity index (χ3v) is 5.71. The van der Waals surface area contributed by atoms with E-state index in [2.05, 4.69) is 11.3 Å². The fourth-order valence-corrected chi connectivity index (χ4v) is 3.99. The number of aryl methyl sites for hydroxylation is 1. The molecule has 0 aliphatic rings. The molecule has 0 aliphatic carbocycles. The summed E-state index contributed by atoms with van der Waals surface area (Å²) in [5.41, 5.74) is 0.678. The second-order valence-corrected chi connectivity index (χ2v) is 8.24. The molecule has 2 rings (SSSR count). The largest absolute Gasteiger partial charge is 0.388 e. The lowest BCUT2D eigenvalue weighted by Gasteiger charge is -2.33. The van der Waals surface area contributed by atoms with Gasteiger partial charge in [-0.2, -0.15) is 0 Å². The van der Waals surface area contributed by atoms with Crippen molar-refractivity contribution >= 4 is 10.0 Å². The second kappa shape index (κ2) is 7.95. The van der Waals surface area contributed by atoms with Crippen LogP contribution < -0.4 is 4.72 Å². The lowest BCUT2D eigenvalue weighted by Crippen LogP contribution is -2.52. The molecular weight excluding hydrogens is 334 g/mol. The third-order valence-electron chi connectivity index (χ3n) is 4.22. The maximum Gasteiger partial charge on any atom is 0.240 e. The van der Waals surface area contributed by atoms with E-state index in [0.717, 1.165) is 11.1 Å². The normalized spacial score (nSPS) is 15.3. The van der Waals surface area contributed by atoms with Crippen LogP contribution in [0.1, 0.15) is 24.5 Å². The zero-order valence-corrected chi connectivity index (χ0v) is 15.5. The molecule has 4 nitrogen and oxygen atoms in total. The van der Waals surface area contributed by atoms with Gasteiger partial charge in [0.25, 0.3) is 0 Å². The van der Waals surface area contributed by atoms with Crippen LogP contribution in [0.5, 0.6) is 0 Å². The zero-order chi connectivity index (χ0) is 18.5. The van der Waals surface area contributed by atoms with E-state index < -0.39 is 21.7 Å². The van der Waals surface area contributed by atoms with E-state index in [1.54, 1.807) is 37.3 Å². The van der Waals surface area contributed by atoms with Crippen molar-refractivity contribution in [1.29, 1.82) is 0 Å². The van der Waals surface area contributed by atoms with E-state index >= 15 is 0 Å². The highest BCUT2D eigenvalue weighted by molar-refractivity contribution is 7.89. The van der Waals surface area contributed by atoms with Crippen LogP contribution in [0.4, 0.5) is 0 Å². The third kappa shape index (κ3) is 5.26. The fourth-order valence-electron chi connectivity index (χ4n) is 2.65. The molecule has 0 aliphatic heterocycles. The van der Waals surface area contributed by atoms with Crippen molar-refractivity contribution < 1.29 is 13.5 Å². The SMILES string of the molecule is C=CC[C@@](C)(O)[C@H](Cc1ccccc1)NS(=O)(=O)c1ccc(C)cc1. The van der Waals surface area contributed by atoms with Crippen LogP contribution in [0.25, 0.3) is 0 Å². The number of rotatable bonds is 8. The van der Waals surface area contributed by atoms with Crippen LogP contribution in [0.3, 0.4) is 0 Å². The fraction of sp³-hybridized carbons (Fsp3) is 0.300. The topological polar surface area (TPSA) is 66.4 Å². The first-order chi connectivity index (χ1) is 11.7. The number of hydrogen-bond donors (Lipinski definition) is 2. The van der Waals surface area contributed by atoms with Gasteiger partial charge in [0.2, 0.25) is 10.0 Å². The lowest BCUT2D eigenvalue weighted by molar-refractivity contribution is 0.0300. The molecule has 134 valence electrons. The highest BCUT2D eigenvalue weighted by atomic mass is 32.2. The summed E-state index contributed by atoms with van der Waals surface area (Å²) in [6.45, 7) is 7.19. The predicted octanol–water partition coefficient (Wildman–Crippen LogP) is 3.21. The maximum absolute atomic E-state index is 12.7. The van der Waals surface area contributed by atoms with E-state index in [1.165, 1.54) is 0 Å². The number of nitrogens with one attached hydrogen (secondary N) is 1. The number of aliphatic hydroxyl groups is 1. The van der Waals surface area contributed by atoms with E-state index in [9.17, 15) is 13.5 Å².